The van der Waals surface area contributed by atoms with E-state index in [1.165, 1.54) is 41.3 Å². The van der Waals surface area contributed by atoms with Crippen LogP contribution in [0.5, 0.6) is 0 Å². The SMILES string of the molecule is CC[C@@H](C(=O)NC1CCCC1)N(Cc1ccc(F)cc1)C(=O)CN(c1ccc(Cl)cc1)S(=O)(=O)c1ccc(C)cc1. The summed E-state index contributed by atoms with van der Waals surface area (Å²) in [6, 6.07) is 17.5. The molecule has 0 aliphatic heterocycles. The molecule has 0 spiro atoms. The molecule has 7 nitrogen and oxygen atoms in total. The summed E-state index contributed by atoms with van der Waals surface area (Å²) in [5, 5.41) is 3.49. The Morgan fingerprint density at radius 1 is 0.976 bits per heavy atom. The monoisotopic (exact) mass is 599 g/mol. The zero-order chi connectivity index (χ0) is 29.6. The molecule has 41 heavy (non-hydrogen) atoms. The van der Waals surface area contributed by atoms with E-state index in [1.807, 2.05) is 13.8 Å². The van der Waals surface area contributed by atoms with Crippen LogP contribution in [0, 0.1) is 12.7 Å². The van der Waals surface area contributed by atoms with Gasteiger partial charge in [0.15, 0.2) is 0 Å². The van der Waals surface area contributed by atoms with Crippen LogP contribution in [0.25, 0.3) is 0 Å². The molecule has 1 aliphatic carbocycles. The molecule has 0 heterocycles. The van der Waals surface area contributed by atoms with Crippen molar-refractivity contribution in [2.45, 2.75) is 69.5 Å². The average Bonchev–Trinajstić information content (AvgIpc) is 3.46. The van der Waals surface area contributed by atoms with Crippen LogP contribution in [0.4, 0.5) is 10.1 Å². The van der Waals surface area contributed by atoms with Crippen molar-refractivity contribution in [2.24, 2.45) is 0 Å². The van der Waals surface area contributed by atoms with Crippen molar-refractivity contribution >= 4 is 39.1 Å². The molecule has 1 saturated carbocycles. The van der Waals surface area contributed by atoms with Crippen molar-refractivity contribution in [3.8, 4) is 0 Å². The Morgan fingerprint density at radius 3 is 2.17 bits per heavy atom. The molecule has 3 aromatic carbocycles. The van der Waals surface area contributed by atoms with Crippen molar-refractivity contribution in [1.82, 2.24) is 10.2 Å². The number of aryl methyl sites for hydroxylation is 1. The molecule has 1 aliphatic rings. The van der Waals surface area contributed by atoms with Gasteiger partial charge in [0.25, 0.3) is 10.0 Å². The van der Waals surface area contributed by atoms with E-state index in [0.717, 1.165) is 35.6 Å². The topological polar surface area (TPSA) is 86.8 Å². The number of hydrogen-bond donors (Lipinski definition) is 1. The minimum Gasteiger partial charge on any atom is -0.352 e. The Bertz CT molecular complexity index is 1440. The lowest BCUT2D eigenvalue weighted by molar-refractivity contribution is -0.140. The zero-order valence-corrected chi connectivity index (χ0v) is 24.8. The first-order valence-corrected chi connectivity index (χ1v) is 15.6. The highest BCUT2D eigenvalue weighted by molar-refractivity contribution is 7.92. The number of halogens is 2. The lowest BCUT2D eigenvalue weighted by atomic mass is 10.1. The molecule has 1 N–H and O–H groups in total. The van der Waals surface area contributed by atoms with E-state index in [-0.39, 0.29) is 29.1 Å². The maximum atomic E-state index is 14.1. The number of nitrogens with one attached hydrogen (secondary N) is 1. The van der Waals surface area contributed by atoms with E-state index >= 15 is 0 Å². The van der Waals surface area contributed by atoms with Gasteiger partial charge in [0.1, 0.15) is 18.4 Å². The highest BCUT2D eigenvalue weighted by Crippen LogP contribution is 2.27. The van der Waals surface area contributed by atoms with Gasteiger partial charge in [0.2, 0.25) is 11.8 Å². The molecule has 0 unspecified atom stereocenters. The molecule has 0 radical (unpaired) electrons. The smallest absolute Gasteiger partial charge is 0.264 e. The summed E-state index contributed by atoms with van der Waals surface area (Å²) in [5.74, 6) is -1.27. The molecule has 2 amide bonds. The maximum absolute atomic E-state index is 14.1. The van der Waals surface area contributed by atoms with Gasteiger partial charge in [0.05, 0.1) is 10.6 Å². The highest BCUT2D eigenvalue weighted by Gasteiger charge is 2.34. The normalized spacial score (nSPS) is 14.4. The van der Waals surface area contributed by atoms with Crippen LogP contribution in [0.3, 0.4) is 0 Å². The van der Waals surface area contributed by atoms with E-state index < -0.39 is 34.3 Å². The molecule has 0 aromatic heterocycles. The molecule has 1 atom stereocenters. The lowest BCUT2D eigenvalue weighted by Crippen LogP contribution is -2.53. The number of benzene rings is 3. The van der Waals surface area contributed by atoms with Crippen molar-refractivity contribution in [3.05, 3.63) is 94.8 Å². The Labute approximate surface area is 246 Å². The van der Waals surface area contributed by atoms with Gasteiger partial charge < -0.3 is 10.2 Å². The van der Waals surface area contributed by atoms with Gasteiger partial charge in [-0.15, -0.1) is 0 Å². The van der Waals surface area contributed by atoms with E-state index in [2.05, 4.69) is 5.32 Å². The first kappa shape index (κ1) is 30.5. The van der Waals surface area contributed by atoms with Gasteiger partial charge in [-0.3, -0.25) is 13.9 Å². The van der Waals surface area contributed by atoms with E-state index in [9.17, 15) is 22.4 Å². The van der Waals surface area contributed by atoms with Crippen molar-refractivity contribution < 1.29 is 22.4 Å². The second-order valence-electron chi connectivity index (χ2n) is 10.4. The molecule has 1 fully saturated rings. The summed E-state index contributed by atoms with van der Waals surface area (Å²) >= 11 is 6.07. The van der Waals surface area contributed by atoms with E-state index in [0.29, 0.717) is 17.0 Å². The molecule has 218 valence electrons. The fraction of sp³-hybridized carbons (Fsp3) is 0.355. The van der Waals surface area contributed by atoms with Crippen molar-refractivity contribution in [3.63, 3.8) is 0 Å². The summed E-state index contributed by atoms with van der Waals surface area (Å²) in [6.07, 6.45) is 4.15. The van der Waals surface area contributed by atoms with Crippen LogP contribution < -0.4 is 9.62 Å². The van der Waals surface area contributed by atoms with Crippen LogP contribution in [-0.4, -0.2) is 43.8 Å². The summed E-state index contributed by atoms with van der Waals surface area (Å²) in [5.41, 5.74) is 1.77. The van der Waals surface area contributed by atoms with Gasteiger partial charge in [-0.2, -0.15) is 0 Å². The first-order valence-electron chi connectivity index (χ1n) is 13.8. The minimum atomic E-state index is -4.17. The number of nitrogens with zero attached hydrogens (tertiary/aromatic N) is 2. The van der Waals surface area contributed by atoms with Crippen LogP contribution in [0.15, 0.2) is 77.7 Å². The zero-order valence-electron chi connectivity index (χ0n) is 23.2. The molecule has 0 bridgehead atoms. The molecule has 4 rings (SSSR count). The number of anilines is 1. The van der Waals surface area contributed by atoms with Crippen LogP contribution in [-0.2, 0) is 26.2 Å². The number of rotatable bonds is 11. The Hall–Kier alpha value is -3.43. The molecule has 0 saturated heterocycles. The highest BCUT2D eigenvalue weighted by atomic mass is 35.5. The fourth-order valence-corrected chi connectivity index (χ4v) is 6.59. The molecular formula is C31H35ClFN3O4S. The fourth-order valence-electron chi connectivity index (χ4n) is 5.05. The van der Waals surface area contributed by atoms with Gasteiger partial charge in [-0.25, -0.2) is 12.8 Å². The largest absolute Gasteiger partial charge is 0.352 e. The van der Waals surface area contributed by atoms with Gasteiger partial charge in [0, 0.05) is 17.6 Å². The molecule has 3 aromatic rings. The number of carbonyl (C=O) groups excluding carboxylic acids is 2. The molecular weight excluding hydrogens is 565 g/mol. The minimum absolute atomic E-state index is 0.00867. The van der Waals surface area contributed by atoms with E-state index in [1.54, 1.807) is 36.4 Å². The number of hydrogen-bond acceptors (Lipinski definition) is 4. The third-order valence-corrected chi connectivity index (χ3v) is 9.40. The second-order valence-corrected chi connectivity index (χ2v) is 12.7. The first-order chi connectivity index (χ1) is 19.6. The summed E-state index contributed by atoms with van der Waals surface area (Å²) in [4.78, 5) is 29.0. The standard InChI is InChI=1S/C31H35ClFN3O4S/c1-3-29(31(38)34-26-6-4-5-7-26)35(20-23-10-14-25(33)15-11-23)30(37)21-36(27-16-12-24(32)13-17-27)41(39,40)28-18-8-22(2)9-19-28/h8-19,26,29H,3-7,20-21H2,1-2H3,(H,34,38)/t29-/m0/s1. The predicted octanol–water partition coefficient (Wildman–Crippen LogP) is 5.85. The third kappa shape index (κ3) is 7.65. The van der Waals surface area contributed by atoms with Crippen molar-refractivity contribution in [1.29, 1.82) is 0 Å². The second kappa shape index (κ2) is 13.5. The summed E-state index contributed by atoms with van der Waals surface area (Å²) in [7, 11) is -4.17. The Balaban J connectivity index is 1.70. The maximum Gasteiger partial charge on any atom is 0.264 e. The van der Waals surface area contributed by atoms with Crippen LogP contribution in [0.1, 0.15) is 50.2 Å². The summed E-state index contributed by atoms with van der Waals surface area (Å²) < 4.78 is 42.5. The van der Waals surface area contributed by atoms with Crippen molar-refractivity contribution in [2.75, 3.05) is 10.8 Å². The van der Waals surface area contributed by atoms with Gasteiger partial charge in [-0.1, -0.05) is 61.2 Å². The quantitative estimate of drug-likeness (QED) is 0.300. The third-order valence-electron chi connectivity index (χ3n) is 7.36. The summed E-state index contributed by atoms with van der Waals surface area (Å²) in [6.45, 7) is 3.12. The van der Waals surface area contributed by atoms with Gasteiger partial charge in [-0.05, 0) is 80.3 Å². The predicted molar refractivity (Wildman–Crippen MR) is 159 cm³/mol. The van der Waals surface area contributed by atoms with Gasteiger partial charge >= 0.3 is 0 Å². The number of sulfonamides is 1. The molecule has 10 heteroatoms. The Morgan fingerprint density at radius 2 is 1.59 bits per heavy atom. The average molecular weight is 600 g/mol. The number of carbonyl (C=O) groups is 2. The van der Waals surface area contributed by atoms with Crippen LogP contribution in [0.2, 0.25) is 5.02 Å². The lowest BCUT2D eigenvalue weighted by Gasteiger charge is -2.33. The number of amides is 2. The van der Waals surface area contributed by atoms with Crippen LogP contribution >= 0.6 is 11.6 Å². The Kier molecular flexibility index (Phi) is 10.0. The van der Waals surface area contributed by atoms with E-state index in [4.69, 9.17) is 11.6 Å².